The van der Waals surface area contributed by atoms with E-state index in [0.717, 1.165) is 0 Å². The van der Waals surface area contributed by atoms with Crippen LogP contribution in [-0.4, -0.2) is 61.2 Å². The maximum atomic E-state index is 12.3. The molecule has 0 aliphatic heterocycles. The minimum atomic E-state index is -3.81. The molecule has 0 spiro atoms. The van der Waals surface area contributed by atoms with Gasteiger partial charge < -0.3 is 14.7 Å². The van der Waals surface area contributed by atoms with Crippen molar-refractivity contribution in [3.8, 4) is 0 Å². The zero-order valence-corrected chi connectivity index (χ0v) is 27.1. The third kappa shape index (κ3) is 13.1. The van der Waals surface area contributed by atoms with Gasteiger partial charge in [0.25, 0.3) is 0 Å². The first-order valence-electron chi connectivity index (χ1n) is 15.8. The Morgan fingerprint density at radius 2 is 0.786 bits per heavy atom. The Morgan fingerprint density at radius 1 is 0.524 bits per heavy atom. The number of rotatable bonds is 20. The van der Waals surface area contributed by atoms with E-state index in [2.05, 4.69) is 27.7 Å². The van der Waals surface area contributed by atoms with Crippen LogP contribution in [0.1, 0.15) is 125 Å². The lowest BCUT2D eigenvalue weighted by Gasteiger charge is -2.39. The molecule has 0 radical (unpaired) electrons. The monoisotopic (exact) mass is 604 g/mol. The van der Waals surface area contributed by atoms with Crippen LogP contribution in [0.5, 0.6) is 0 Å². The molecule has 2 rings (SSSR count). The number of benzene rings is 2. The fraction of sp³-hybridized carbons (Fsp3) is 0.588. The predicted molar refractivity (Wildman–Crippen MR) is 170 cm³/mol. The topological polar surface area (TPSA) is 109 Å². The summed E-state index contributed by atoms with van der Waals surface area (Å²) >= 11 is 0. The molecule has 0 heterocycles. The molecule has 0 amide bonds. The Morgan fingerprint density at radius 3 is 1.00 bits per heavy atom. The van der Waals surface area contributed by atoms with Crippen LogP contribution in [0.4, 0.5) is 0 Å². The molecule has 2 aromatic carbocycles. The smallest absolute Gasteiger partial charge is 0.335 e. The Balaban J connectivity index is 0.000000420. The number of nitrogens with zero attached hydrogens (tertiary/aromatic N) is 1. The average Bonchev–Trinajstić information content (AvgIpc) is 2.98. The lowest BCUT2D eigenvalue weighted by Crippen LogP contribution is -2.50. The van der Waals surface area contributed by atoms with Crippen molar-refractivity contribution < 1.29 is 32.7 Å². The molecule has 0 saturated heterocycles. The van der Waals surface area contributed by atoms with Crippen LogP contribution in [0, 0.1) is 0 Å². The van der Waals surface area contributed by atoms with Crippen molar-refractivity contribution in [2.75, 3.05) is 26.2 Å². The van der Waals surface area contributed by atoms with E-state index in [4.69, 9.17) is 10.2 Å². The zero-order chi connectivity index (χ0) is 31.4. The number of carboxylic acids is 2. The quantitative estimate of drug-likeness (QED) is 0.116. The molecular formula is C34H54NO6S+. The second-order valence-corrected chi connectivity index (χ2v) is 13.2. The van der Waals surface area contributed by atoms with Crippen LogP contribution in [0.15, 0.2) is 58.3 Å². The second kappa shape index (κ2) is 20.2. The van der Waals surface area contributed by atoms with E-state index >= 15 is 0 Å². The fourth-order valence-electron chi connectivity index (χ4n) is 5.15. The van der Waals surface area contributed by atoms with Gasteiger partial charge >= 0.3 is 11.9 Å². The maximum absolute atomic E-state index is 12.3. The number of carboxylic acid groups (broad SMARTS) is 2. The van der Waals surface area contributed by atoms with E-state index in [0.29, 0.717) is 0 Å². The molecule has 0 aromatic heterocycles. The van der Waals surface area contributed by atoms with E-state index in [1.165, 1.54) is 156 Å². The number of hydrogen-bond acceptors (Lipinski definition) is 4. The molecule has 0 aliphatic rings. The van der Waals surface area contributed by atoms with Gasteiger partial charge in [-0.1, -0.05) is 53.4 Å². The Bertz CT molecular complexity index is 1030. The summed E-state index contributed by atoms with van der Waals surface area (Å²) in [5.74, 6) is -2.30. The Hall–Kier alpha value is -2.71. The molecule has 0 fully saturated rings. The summed E-state index contributed by atoms with van der Waals surface area (Å²) in [6, 6.07) is 9.57. The first-order chi connectivity index (χ1) is 20.1. The van der Waals surface area contributed by atoms with Crippen LogP contribution >= 0.6 is 0 Å². The van der Waals surface area contributed by atoms with Crippen LogP contribution in [0.2, 0.25) is 0 Å². The van der Waals surface area contributed by atoms with Crippen LogP contribution < -0.4 is 0 Å². The number of aromatic carboxylic acids is 2. The summed E-state index contributed by atoms with van der Waals surface area (Å²) in [6.45, 7) is 15.1. The molecular weight excluding hydrogens is 550 g/mol. The molecule has 0 unspecified atom stereocenters. The maximum Gasteiger partial charge on any atom is 0.335 e. The summed E-state index contributed by atoms with van der Waals surface area (Å²) in [4.78, 5) is 21.3. The molecule has 0 aliphatic carbocycles. The summed E-state index contributed by atoms with van der Waals surface area (Å²) in [6.07, 6.45) is 16.9. The van der Waals surface area contributed by atoms with Gasteiger partial charge in [-0.25, -0.2) is 18.0 Å². The van der Waals surface area contributed by atoms with E-state index in [-0.39, 0.29) is 20.9 Å². The molecule has 236 valence electrons. The highest BCUT2D eigenvalue weighted by Crippen LogP contribution is 2.22. The van der Waals surface area contributed by atoms with Crippen LogP contribution in [-0.2, 0) is 9.84 Å². The van der Waals surface area contributed by atoms with Gasteiger partial charge in [-0.05, 0) is 99.9 Å². The third-order valence-electron chi connectivity index (χ3n) is 7.77. The molecule has 0 atom stereocenters. The van der Waals surface area contributed by atoms with E-state index < -0.39 is 21.8 Å². The van der Waals surface area contributed by atoms with E-state index in [1.807, 2.05) is 0 Å². The van der Waals surface area contributed by atoms with Crippen LogP contribution in [0.25, 0.3) is 0 Å². The minimum absolute atomic E-state index is 0.0184. The number of hydrogen-bond donors (Lipinski definition) is 2. The van der Waals surface area contributed by atoms with Crippen molar-refractivity contribution in [3.05, 3.63) is 59.7 Å². The first-order valence-corrected chi connectivity index (χ1v) is 17.3. The fourth-order valence-corrected chi connectivity index (χ4v) is 6.41. The van der Waals surface area contributed by atoms with Gasteiger partial charge in [0.15, 0.2) is 0 Å². The number of sulfone groups is 1. The Labute approximate surface area is 254 Å². The standard InChI is InChI=1S/C20H44N.C14H10O6S/c1-5-9-13-17-21(18-14-10-6-2,19-15-11-7-3)20-16-12-8-4;15-13(16)9-1-5-11(6-2-9)21(19,20)12-7-3-10(4-8-12)14(17)18/h5-20H2,1-4H3;1-8H,(H,15,16)(H,17,18)/q+1;. The molecule has 8 heteroatoms. The lowest BCUT2D eigenvalue weighted by molar-refractivity contribution is -0.929. The van der Waals surface area contributed by atoms with Gasteiger partial charge in [0.2, 0.25) is 9.84 Å². The van der Waals surface area contributed by atoms with Crippen molar-refractivity contribution in [2.24, 2.45) is 0 Å². The molecule has 0 saturated carbocycles. The number of carbonyl (C=O) groups is 2. The average molecular weight is 605 g/mol. The molecule has 42 heavy (non-hydrogen) atoms. The van der Waals surface area contributed by atoms with Crippen molar-refractivity contribution in [2.45, 2.75) is 115 Å². The zero-order valence-electron chi connectivity index (χ0n) is 26.3. The van der Waals surface area contributed by atoms with Gasteiger partial charge in [-0.3, -0.25) is 0 Å². The minimum Gasteiger partial charge on any atom is -0.478 e. The van der Waals surface area contributed by atoms with Gasteiger partial charge in [0, 0.05) is 0 Å². The number of unbranched alkanes of at least 4 members (excludes halogenated alkanes) is 8. The SMILES string of the molecule is CCCCC[N+](CCCCC)(CCCCC)CCCCC.O=C(O)c1ccc(S(=O)(=O)c2ccc(C(=O)O)cc2)cc1. The summed E-state index contributed by atoms with van der Waals surface area (Å²) in [7, 11) is -3.81. The number of quaternary nitrogens is 1. The molecule has 7 nitrogen and oxygen atoms in total. The highest BCUT2D eigenvalue weighted by molar-refractivity contribution is 7.91. The second-order valence-electron chi connectivity index (χ2n) is 11.2. The van der Waals surface area contributed by atoms with Gasteiger partial charge in [-0.15, -0.1) is 0 Å². The Kier molecular flexibility index (Phi) is 18.0. The normalized spacial score (nSPS) is 11.5. The molecule has 0 bridgehead atoms. The van der Waals surface area contributed by atoms with E-state index in [9.17, 15) is 18.0 Å². The van der Waals surface area contributed by atoms with Crippen molar-refractivity contribution >= 4 is 21.8 Å². The largest absolute Gasteiger partial charge is 0.478 e. The summed E-state index contributed by atoms with van der Waals surface area (Å²) in [5.41, 5.74) is -0.0367. The van der Waals surface area contributed by atoms with Gasteiger partial charge in [0.1, 0.15) is 0 Å². The predicted octanol–water partition coefficient (Wildman–Crippen LogP) is 8.48. The summed E-state index contributed by atoms with van der Waals surface area (Å²) in [5, 5.41) is 17.5. The lowest BCUT2D eigenvalue weighted by atomic mass is 10.1. The van der Waals surface area contributed by atoms with Crippen LogP contribution in [0.3, 0.4) is 0 Å². The molecule has 2 N–H and O–H groups in total. The van der Waals surface area contributed by atoms with Gasteiger partial charge in [-0.2, -0.15) is 0 Å². The van der Waals surface area contributed by atoms with Gasteiger partial charge in [0.05, 0.1) is 47.1 Å². The highest BCUT2D eigenvalue weighted by Gasteiger charge is 2.25. The molecule has 2 aromatic rings. The highest BCUT2D eigenvalue weighted by atomic mass is 32.2. The first kappa shape index (κ1) is 37.3. The van der Waals surface area contributed by atoms with Crippen molar-refractivity contribution in [1.29, 1.82) is 0 Å². The van der Waals surface area contributed by atoms with Crippen molar-refractivity contribution in [1.82, 2.24) is 0 Å². The van der Waals surface area contributed by atoms with Crippen molar-refractivity contribution in [3.63, 3.8) is 0 Å². The summed E-state index contributed by atoms with van der Waals surface area (Å²) < 4.78 is 26.0. The van der Waals surface area contributed by atoms with E-state index in [1.54, 1.807) is 0 Å². The third-order valence-corrected chi connectivity index (χ3v) is 9.55.